The van der Waals surface area contributed by atoms with Crippen molar-refractivity contribution in [3.63, 3.8) is 0 Å². The van der Waals surface area contributed by atoms with E-state index in [0.29, 0.717) is 0 Å². The van der Waals surface area contributed by atoms with E-state index < -0.39 is 316 Å². The molecule has 0 aliphatic carbocycles. The molecule has 99 heavy (non-hydrogen) atoms. The number of nitrogens with two attached hydrogens (primary N) is 3. The molecule has 7 heterocycles. The fraction of sp³-hybridized carbons (Fsp3) is 0.979. The molecular formula is C47H86N3O46P3. The highest BCUT2D eigenvalue weighted by molar-refractivity contribution is 7.47. The van der Waals surface area contributed by atoms with Crippen molar-refractivity contribution in [2.75, 3.05) is 59.4 Å². The molecule has 7 aliphatic heterocycles. The molecule has 49 nitrogen and oxygen atoms in total. The fourth-order valence-corrected chi connectivity index (χ4v) is 13.6. The average Bonchev–Trinajstić information content (AvgIpc) is 1.52. The van der Waals surface area contributed by atoms with Gasteiger partial charge < -0.3 is 205 Å². The molecule has 1 unspecified atom stereocenters. The van der Waals surface area contributed by atoms with Crippen LogP contribution >= 0.6 is 23.5 Å². The van der Waals surface area contributed by atoms with E-state index in [-0.39, 0.29) is 0 Å². The minimum atomic E-state index is -6.10. The lowest BCUT2D eigenvalue weighted by Gasteiger charge is -2.51. The van der Waals surface area contributed by atoms with Gasteiger partial charge in [0.2, 0.25) is 0 Å². The topological polar surface area (TPSA) is 809 Å². The number of phosphoric acid groups is 3. The summed E-state index contributed by atoms with van der Waals surface area (Å²) >= 11 is 0. The number of carboxylic acid groups (broad SMARTS) is 1. The number of hydrogen-bond acceptors (Lipinski definition) is 43. The van der Waals surface area contributed by atoms with Gasteiger partial charge in [0.1, 0.15) is 165 Å². The van der Waals surface area contributed by atoms with E-state index in [0.717, 1.165) is 0 Å². The van der Waals surface area contributed by atoms with Crippen molar-refractivity contribution in [2.24, 2.45) is 17.2 Å². The summed E-state index contributed by atoms with van der Waals surface area (Å²) in [6.07, 6.45) is -75.3. The number of aliphatic hydroxyl groups excluding tert-OH is 19. The number of rotatable bonds is 32. The highest BCUT2D eigenvalue weighted by Gasteiger charge is 2.63. The average molecular weight is 1520 g/mol. The summed E-state index contributed by atoms with van der Waals surface area (Å²) in [6.45, 7) is -10.00. The molecule has 0 aromatic carbocycles. The maximum Gasteiger partial charge on any atom is 0.472 e. The van der Waals surface area contributed by atoms with E-state index in [1.165, 1.54) is 0 Å². The molecule has 7 saturated heterocycles. The van der Waals surface area contributed by atoms with Crippen molar-refractivity contribution in [1.82, 2.24) is 0 Å². The van der Waals surface area contributed by atoms with Crippen molar-refractivity contribution in [3.05, 3.63) is 0 Å². The van der Waals surface area contributed by atoms with Gasteiger partial charge in [-0.1, -0.05) is 0 Å². The van der Waals surface area contributed by atoms with Gasteiger partial charge in [0.15, 0.2) is 37.7 Å². The Kier molecular flexibility index (Phi) is 30.3. The summed E-state index contributed by atoms with van der Waals surface area (Å²) in [5.74, 6) is -5.92. The van der Waals surface area contributed by atoms with Crippen LogP contribution < -0.4 is 17.2 Å². The van der Waals surface area contributed by atoms with E-state index in [9.17, 15) is 145 Å². The Hall–Kier alpha value is -1.60. The first-order chi connectivity index (χ1) is 46.2. The monoisotopic (exact) mass is 1520 g/mol. The van der Waals surface area contributed by atoms with Gasteiger partial charge in [0, 0.05) is 13.0 Å². The zero-order valence-electron chi connectivity index (χ0n) is 51.1. The van der Waals surface area contributed by atoms with Crippen molar-refractivity contribution in [2.45, 2.75) is 227 Å². The third kappa shape index (κ3) is 20.0. The lowest BCUT2D eigenvalue weighted by atomic mass is 9.91. The molecule has 52 heteroatoms. The van der Waals surface area contributed by atoms with Gasteiger partial charge in [-0.05, 0) is 0 Å². The van der Waals surface area contributed by atoms with Gasteiger partial charge in [-0.25, -0.2) is 18.5 Å². The van der Waals surface area contributed by atoms with E-state index in [2.05, 4.69) is 0 Å². The van der Waals surface area contributed by atoms with Crippen LogP contribution in [0.4, 0.5) is 0 Å². The van der Waals surface area contributed by atoms with Crippen LogP contribution in [0.15, 0.2) is 0 Å². The molecular weight excluding hydrogens is 1440 g/mol. The minimum Gasteiger partial charge on any atom is -0.477 e. The molecule has 0 amide bonds. The first-order valence-electron chi connectivity index (χ1n) is 29.8. The van der Waals surface area contributed by atoms with Crippen LogP contribution in [0.3, 0.4) is 0 Å². The Morgan fingerprint density at radius 3 is 1.59 bits per heavy atom. The summed E-state index contributed by atoms with van der Waals surface area (Å²) in [4.78, 5) is 64.7. The SMILES string of the molecule is NCCOP(=O)(O)O[C@@H]1[C@@H](O[C@H]2[C@@H]([C@H](O)CO)O[C@@](OC[C@H]3O[C@@H](OC[C@H]4O[C@H](O)[C@H](N)[C@@H](O)[C@@H]4O)[C@H](N)[C@@H](O)[C@@H]3OP(=O)(O)O)(C(=O)O)C[C@H]2OP(=O)(O)O)O[C@H]([C@H](O)CO)[C@@H](O[C@@H]2O[C@H](CO)[C@@H](O[C@@H]3O[C@H](CO)[C@H](O)[C@H](O[C@@H]4O[C@@H]([C@H](O)CO)[C@H](O)[C@H]4O)[C@H]3O)[C@H](O)[C@H]2O)[C@@H]1O. The van der Waals surface area contributed by atoms with Crippen LogP contribution in [0, 0.1) is 0 Å². The van der Waals surface area contributed by atoms with Crippen LogP contribution in [0.1, 0.15) is 6.42 Å². The predicted molar refractivity (Wildman–Crippen MR) is 298 cm³/mol. The summed E-state index contributed by atoms with van der Waals surface area (Å²) in [5, 5.41) is 216. The first-order valence-corrected chi connectivity index (χ1v) is 34.4. The second-order valence-electron chi connectivity index (χ2n) is 23.6. The Morgan fingerprint density at radius 1 is 0.475 bits per heavy atom. The van der Waals surface area contributed by atoms with Gasteiger partial charge >= 0.3 is 29.4 Å². The summed E-state index contributed by atoms with van der Waals surface area (Å²) in [5.41, 5.74) is 17.1. The van der Waals surface area contributed by atoms with Crippen LogP contribution in [0.5, 0.6) is 0 Å². The second kappa shape index (κ2) is 35.4. The van der Waals surface area contributed by atoms with E-state index in [4.69, 9.17) is 96.9 Å². The predicted octanol–water partition coefficient (Wildman–Crippen LogP) is -16.8. The number of phosphoric ester groups is 3. The summed E-state index contributed by atoms with van der Waals surface area (Å²) in [6, 6.07) is -3.43. The van der Waals surface area contributed by atoms with Gasteiger partial charge in [-0.2, -0.15) is 0 Å². The first kappa shape index (κ1) is 84.7. The third-order valence-corrected chi connectivity index (χ3v) is 18.8. The summed E-state index contributed by atoms with van der Waals surface area (Å²) in [7, 11) is -17.6. The van der Waals surface area contributed by atoms with Crippen molar-refractivity contribution in [1.29, 1.82) is 0 Å². The normalized spacial score (nSPS) is 45.8. The minimum absolute atomic E-state index is 0.521. The van der Waals surface area contributed by atoms with Gasteiger partial charge in [-0.15, -0.1) is 0 Å². The van der Waals surface area contributed by atoms with Crippen LogP contribution in [0.2, 0.25) is 0 Å². The standard InChI is InChI=1S/C47H86N3O46P3/c48-1-2-82-99(78,79)96-39-29(67)38(92-42-28(66)26(64)34(16(8-55)85-42)89-44-30(68)37(22(60)15(7-54)84-44)91-43-27(65)25(63)31(87-43)11(56)4-51)32(12(57)5-52)88-45(39)90-36-14(94-97(72,73)74)3-47(46(70)71,93-33(36)13(58)6-53)81-10-18-35(95-98(75,76)77)24(62)20(50)41(86-18)80-9-17-21(59)23(61)19(49)40(69)83-17/h11-45,51-69H,1-10,48-50H2,(H,70,71)(H,78,79)(H2,72,73,74)(H2,75,76,77)/t11-,12-,13-,14-,15-,16-,17-,18-,19-,20-,21-,22+,23-,24-,25-,26-,27-,28-,29+,30-,31+,32-,33-,34-,35-,36-,37+,38+,39+,40+,41-,42+,43+,44+,45-,47-/m1/s1. The number of hydrogen-bond donors (Lipinski definition) is 28. The van der Waals surface area contributed by atoms with Crippen molar-refractivity contribution < 1.29 is 225 Å². The van der Waals surface area contributed by atoms with Gasteiger partial charge in [0.25, 0.3) is 5.79 Å². The molecule has 7 fully saturated rings. The molecule has 0 bridgehead atoms. The van der Waals surface area contributed by atoms with Crippen LogP contribution in [-0.4, -0.2) is 412 Å². The Labute approximate surface area is 556 Å². The summed E-state index contributed by atoms with van der Waals surface area (Å²) < 4.78 is 131. The molecule has 580 valence electrons. The zero-order valence-corrected chi connectivity index (χ0v) is 53.8. The molecule has 0 spiro atoms. The van der Waals surface area contributed by atoms with Gasteiger partial charge in [-0.3, -0.25) is 18.1 Å². The van der Waals surface area contributed by atoms with E-state index in [1.807, 2.05) is 0 Å². The number of carbonyl (C=O) groups is 1. The van der Waals surface area contributed by atoms with E-state index >= 15 is 0 Å². The number of carboxylic acids is 1. The quantitative estimate of drug-likeness (QED) is 0.0278. The maximum atomic E-state index is 13.6. The largest absolute Gasteiger partial charge is 0.477 e. The molecule has 0 radical (unpaired) electrons. The van der Waals surface area contributed by atoms with Crippen LogP contribution in [0.25, 0.3) is 0 Å². The van der Waals surface area contributed by atoms with Crippen molar-refractivity contribution in [3.8, 4) is 0 Å². The number of aliphatic carboxylic acids is 1. The Morgan fingerprint density at radius 2 is 1.00 bits per heavy atom. The Bertz CT molecular complexity index is 2690. The molecule has 37 atom stereocenters. The third-order valence-electron chi connectivity index (χ3n) is 16.7. The molecule has 7 rings (SSSR count). The smallest absolute Gasteiger partial charge is 0.472 e. The fourth-order valence-electron chi connectivity index (χ4n) is 11.6. The van der Waals surface area contributed by atoms with E-state index in [1.54, 1.807) is 0 Å². The Balaban J connectivity index is 1.16. The lowest BCUT2D eigenvalue weighted by molar-refractivity contribution is -0.394. The highest BCUT2D eigenvalue weighted by atomic mass is 31.2. The molecule has 7 aliphatic rings. The lowest BCUT2D eigenvalue weighted by Crippen LogP contribution is -2.69. The highest BCUT2D eigenvalue weighted by Crippen LogP contribution is 2.51. The molecule has 31 N–H and O–H groups in total. The molecule has 0 aromatic heterocycles. The number of ether oxygens (including phenoxy) is 13. The van der Waals surface area contributed by atoms with Crippen LogP contribution in [-0.2, 0) is 98.2 Å². The maximum absolute atomic E-state index is 13.6. The van der Waals surface area contributed by atoms with Crippen molar-refractivity contribution >= 4 is 29.4 Å². The zero-order chi connectivity index (χ0) is 73.9. The molecule has 0 aromatic rings. The number of aliphatic hydroxyl groups is 19. The van der Waals surface area contributed by atoms with Gasteiger partial charge in [0.05, 0.1) is 64.9 Å². The molecule has 0 saturated carbocycles. The second-order valence-corrected chi connectivity index (χ2v) is 27.3.